The number of hydrogen-bond acceptors (Lipinski definition) is 5. The first-order valence-corrected chi connectivity index (χ1v) is 11.1. The minimum atomic E-state index is -3.67. The van der Waals surface area contributed by atoms with Crippen molar-refractivity contribution >= 4 is 32.4 Å². The predicted octanol–water partition coefficient (Wildman–Crippen LogP) is 3.20. The summed E-state index contributed by atoms with van der Waals surface area (Å²) in [6.07, 6.45) is 4.65. The van der Waals surface area contributed by atoms with Crippen molar-refractivity contribution in [3.05, 3.63) is 40.9 Å². The Morgan fingerprint density at radius 1 is 1.15 bits per heavy atom. The zero-order valence-electron chi connectivity index (χ0n) is 14.8. The van der Waals surface area contributed by atoms with Crippen LogP contribution in [0.1, 0.15) is 36.9 Å². The molecular formula is C18H23N3O3S2. The number of carbonyl (C=O) groups excluding carboxylic acids is 1. The van der Waals surface area contributed by atoms with Gasteiger partial charge in [0.2, 0.25) is 5.91 Å². The maximum Gasteiger partial charge on any atom is 0.263 e. The summed E-state index contributed by atoms with van der Waals surface area (Å²) in [4.78, 5) is 18.8. The molecule has 0 aliphatic carbocycles. The second-order valence-electron chi connectivity index (χ2n) is 6.53. The van der Waals surface area contributed by atoms with Crippen LogP contribution < -0.4 is 4.72 Å². The van der Waals surface area contributed by atoms with E-state index in [1.165, 1.54) is 24.2 Å². The van der Waals surface area contributed by atoms with Crippen molar-refractivity contribution in [3.8, 4) is 0 Å². The summed E-state index contributed by atoms with van der Waals surface area (Å²) in [6, 6.07) is 6.63. The average molecular weight is 394 g/mol. The molecule has 1 aromatic heterocycles. The van der Waals surface area contributed by atoms with Gasteiger partial charge in [-0.25, -0.2) is 13.4 Å². The highest BCUT2D eigenvalue weighted by atomic mass is 32.2. The van der Waals surface area contributed by atoms with Gasteiger partial charge in [0.15, 0.2) is 5.13 Å². The minimum absolute atomic E-state index is 0.0603. The van der Waals surface area contributed by atoms with Gasteiger partial charge in [-0.05, 0) is 31.9 Å². The van der Waals surface area contributed by atoms with Crippen LogP contribution in [0.25, 0.3) is 0 Å². The van der Waals surface area contributed by atoms with E-state index >= 15 is 0 Å². The van der Waals surface area contributed by atoms with E-state index in [0.717, 1.165) is 31.5 Å². The maximum absolute atomic E-state index is 12.4. The SMILES string of the molecule is Cc1ccc(S(=O)(=O)Nc2nc(CC(=O)N3CCCCCC3)cs2)cc1. The molecule has 1 aromatic carbocycles. The van der Waals surface area contributed by atoms with Gasteiger partial charge in [-0.1, -0.05) is 30.5 Å². The third kappa shape index (κ3) is 4.82. The van der Waals surface area contributed by atoms with Crippen molar-refractivity contribution in [1.29, 1.82) is 0 Å². The van der Waals surface area contributed by atoms with Gasteiger partial charge in [0.25, 0.3) is 10.0 Å². The largest absolute Gasteiger partial charge is 0.342 e. The molecule has 1 aliphatic rings. The highest BCUT2D eigenvalue weighted by molar-refractivity contribution is 7.93. The van der Waals surface area contributed by atoms with Crippen molar-refractivity contribution in [2.75, 3.05) is 17.8 Å². The molecular weight excluding hydrogens is 370 g/mol. The van der Waals surface area contributed by atoms with Gasteiger partial charge in [0.1, 0.15) is 0 Å². The Balaban J connectivity index is 1.64. The molecule has 0 bridgehead atoms. The molecule has 6 nitrogen and oxygen atoms in total. The third-order valence-corrected chi connectivity index (χ3v) is 6.69. The van der Waals surface area contributed by atoms with Crippen molar-refractivity contribution < 1.29 is 13.2 Å². The summed E-state index contributed by atoms with van der Waals surface area (Å²) < 4.78 is 27.3. The summed E-state index contributed by atoms with van der Waals surface area (Å²) in [7, 11) is -3.67. The van der Waals surface area contributed by atoms with E-state index in [1.807, 2.05) is 11.8 Å². The van der Waals surface area contributed by atoms with Crippen LogP contribution in [0.5, 0.6) is 0 Å². The fraction of sp³-hybridized carbons (Fsp3) is 0.444. The van der Waals surface area contributed by atoms with Gasteiger partial charge in [-0.3, -0.25) is 9.52 Å². The number of anilines is 1. The molecule has 1 fully saturated rings. The molecule has 0 unspecified atom stereocenters. The number of nitrogens with zero attached hydrogens (tertiary/aromatic N) is 2. The zero-order valence-corrected chi connectivity index (χ0v) is 16.4. The fourth-order valence-corrected chi connectivity index (χ4v) is 4.88. The maximum atomic E-state index is 12.4. The first-order valence-electron chi connectivity index (χ1n) is 8.76. The Bertz CT molecular complexity index is 852. The summed E-state index contributed by atoms with van der Waals surface area (Å²) in [5.41, 5.74) is 1.60. The highest BCUT2D eigenvalue weighted by Gasteiger charge is 2.19. The number of amides is 1. The van der Waals surface area contributed by atoms with E-state index in [0.29, 0.717) is 5.69 Å². The highest BCUT2D eigenvalue weighted by Crippen LogP contribution is 2.21. The minimum Gasteiger partial charge on any atom is -0.342 e. The van der Waals surface area contributed by atoms with Gasteiger partial charge in [0.05, 0.1) is 17.0 Å². The van der Waals surface area contributed by atoms with Crippen LogP contribution in [0.3, 0.4) is 0 Å². The molecule has 3 rings (SSSR count). The van der Waals surface area contributed by atoms with E-state index in [9.17, 15) is 13.2 Å². The molecule has 1 amide bonds. The van der Waals surface area contributed by atoms with Gasteiger partial charge in [-0.15, -0.1) is 11.3 Å². The van der Waals surface area contributed by atoms with Crippen LogP contribution in [-0.2, 0) is 21.2 Å². The van der Waals surface area contributed by atoms with Crippen molar-refractivity contribution in [1.82, 2.24) is 9.88 Å². The number of nitrogens with one attached hydrogen (secondary N) is 1. The first-order chi connectivity index (χ1) is 12.4. The van der Waals surface area contributed by atoms with Crippen LogP contribution in [0.15, 0.2) is 34.5 Å². The molecule has 1 aliphatic heterocycles. The van der Waals surface area contributed by atoms with Crippen LogP contribution in [-0.4, -0.2) is 37.3 Å². The Morgan fingerprint density at radius 2 is 1.81 bits per heavy atom. The normalized spacial score (nSPS) is 15.5. The molecule has 1 saturated heterocycles. The number of benzene rings is 1. The number of thiazole rings is 1. The van der Waals surface area contributed by atoms with Crippen LogP contribution in [0.2, 0.25) is 0 Å². The van der Waals surface area contributed by atoms with Crippen LogP contribution in [0, 0.1) is 6.92 Å². The Hall–Kier alpha value is -1.93. The average Bonchev–Trinajstić information content (AvgIpc) is 2.85. The molecule has 140 valence electrons. The summed E-state index contributed by atoms with van der Waals surface area (Å²) in [6.45, 7) is 3.50. The predicted molar refractivity (Wildman–Crippen MR) is 103 cm³/mol. The van der Waals surface area contributed by atoms with Crippen molar-refractivity contribution in [3.63, 3.8) is 0 Å². The number of likely N-dealkylation sites (tertiary alicyclic amines) is 1. The smallest absolute Gasteiger partial charge is 0.263 e. The number of carbonyl (C=O) groups is 1. The number of aromatic nitrogens is 1. The molecule has 8 heteroatoms. The number of hydrogen-bond donors (Lipinski definition) is 1. The summed E-state index contributed by atoms with van der Waals surface area (Å²) in [5, 5.41) is 2.02. The molecule has 0 spiro atoms. The van der Waals surface area contributed by atoms with Gasteiger partial charge in [0, 0.05) is 18.5 Å². The van der Waals surface area contributed by atoms with E-state index in [2.05, 4.69) is 9.71 Å². The number of sulfonamides is 1. The van der Waals surface area contributed by atoms with Crippen LogP contribution in [0.4, 0.5) is 5.13 Å². The van der Waals surface area contributed by atoms with E-state index in [-0.39, 0.29) is 22.4 Å². The van der Waals surface area contributed by atoms with Crippen molar-refractivity contribution in [2.24, 2.45) is 0 Å². The monoisotopic (exact) mass is 393 g/mol. The number of aryl methyl sites for hydroxylation is 1. The third-order valence-electron chi connectivity index (χ3n) is 4.40. The molecule has 26 heavy (non-hydrogen) atoms. The molecule has 0 saturated carbocycles. The topological polar surface area (TPSA) is 79.4 Å². The fourth-order valence-electron chi connectivity index (χ4n) is 2.91. The second kappa shape index (κ2) is 8.18. The van der Waals surface area contributed by atoms with Gasteiger partial charge < -0.3 is 4.90 Å². The second-order valence-corrected chi connectivity index (χ2v) is 9.07. The van der Waals surface area contributed by atoms with Crippen molar-refractivity contribution in [2.45, 2.75) is 43.9 Å². The number of rotatable bonds is 5. The standard InChI is InChI=1S/C18H23N3O3S2/c1-14-6-8-16(9-7-14)26(23,24)20-18-19-15(13-25-18)12-17(22)21-10-4-2-3-5-11-21/h6-9,13H,2-5,10-12H2,1H3,(H,19,20). The lowest BCUT2D eigenvalue weighted by atomic mass is 10.2. The lowest BCUT2D eigenvalue weighted by Gasteiger charge is -2.19. The van der Waals surface area contributed by atoms with E-state index in [4.69, 9.17) is 0 Å². The Morgan fingerprint density at radius 3 is 2.46 bits per heavy atom. The quantitative estimate of drug-likeness (QED) is 0.846. The molecule has 2 heterocycles. The van der Waals surface area contributed by atoms with Crippen LogP contribution >= 0.6 is 11.3 Å². The van der Waals surface area contributed by atoms with Gasteiger partial charge >= 0.3 is 0 Å². The Kier molecular flexibility index (Phi) is 5.93. The molecule has 0 radical (unpaired) electrons. The van der Waals surface area contributed by atoms with E-state index in [1.54, 1.807) is 29.6 Å². The molecule has 0 atom stereocenters. The summed E-state index contributed by atoms with van der Waals surface area (Å²) >= 11 is 1.19. The lowest BCUT2D eigenvalue weighted by molar-refractivity contribution is -0.130. The first kappa shape index (κ1) is 18.8. The molecule has 2 aromatic rings. The zero-order chi connectivity index (χ0) is 18.6. The lowest BCUT2D eigenvalue weighted by Crippen LogP contribution is -2.33. The molecule has 1 N–H and O–H groups in total. The summed E-state index contributed by atoms with van der Waals surface area (Å²) in [5.74, 6) is 0.0603. The Labute approximate surface area is 158 Å². The van der Waals surface area contributed by atoms with Gasteiger partial charge in [-0.2, -0.15) is 0 Å². The van der Waals surface area contributed by atoms with E-state index < -0.39 is 10.0 Å².